The van der Waals surface area contributed by atoms with Crippen molar-refractivity contribution in [3.8, 4) is 0 Å². The summed E-state index contributed by atoms with van der Waals surface area (Å²) in [5.74, 6) is -2.42. The van der Waals surface area contributed by atoms with E-state index >= 15 is 0 Å². The first-order valence-electron chi connectivity index (χ1n) is 42.0. The first kappa shape index (κ1) is 106. The van der Waals surface area contributed by atoms with Crippen molar-refractivity contribution in [1.29, 1.82) is 0 Å². The zero-order valence-electron chi connectivity index (χ0n) is 76.7. The summed E-state index contributed by atoms with van der Waals surface area (Å²) in [6, 6.07) is 44.4. The lowest BCUT2D eigenvalue weighted by Crippen LogP contribution is -2.56. The van der Waals surface area contributed by atoms with E-state index in [2.05, 4.69) is 37.2 Å². The smallest absolute Gasteiger partial charge is 0.408 e. The van der Waals surface area contributed by atoms with Crippen LogP contribution in [0.5, 0.6) is 0 Å². The van der Waals surface area contributed by atoms with Crippen molar-refractivity contribution in [2.75, 3.05) is 0 Å². The molecule has 2 aliphatic heterocycles. The molecule has 2 heterocycles. The van der Waals surface area contributed by atoms with Crippen LogP contribution in [0.2, 0.25) is 0 Å². The van der Waals surface area contributed by atoms with Gasteiger partial charge in [-0.3, -0.25) is 14.4 Å². The zero-order valence-corrected chi connectivity index (χ0v) is 76.7. The molecule has 28 heteroatoms. The fraction of sp³-hybridized carbons (Fsp3) is 0.564. The fourth-order valence-corrected chi connectivity index (χ4v) is 13.0. The number of Topliss-reactive ketones (excluding diaryl/α,β-unsaturated/α-hetero) is 1. The summed E-state index contributed by atoms with van der Waals surface area (Å²) in [5.41, 5.74) is 14.3. The van der Waals surface area contributed by atoms with Gasteiger partial charge in [-0.15, -0.1) is 0 Å². The van der Waals surface area contributed by atoms with Crippen molar-refractivity contribution < 1.29 is 90.6 Å². The van der Waals surface area contributed by atoms with Gasteiger partial charge in [0.05, 0.1) is 18.3 Å². The third-order valence-electron chi connectivity index (χ3n) is 18.2. The molecular formula is C94H141N9O19. The molecule has 2 fully saturated rings. The number of nitrogens with two attached hydrogens (primary N) is 2. The summed E-state index contributed by atoms with van der Waals surface area (Å²) >= 11 is 0. The number of piperidine rings is 2. The Kier molecular flexibility index (Phi) is 42.8. The molecule has 5 aromatic rings. The predicted molar refractivity (Wildman–Crippen MR) is 472 cm³/mol. The van der Waals surface area contributed by atoms with Gasteiger partial charge < -0.3 is 86.6 Å². The number of esters is 3. The summed E-state index contributed by atoms with van der Waals surface area (Å²) in [4.78, 5) is 134. The quantitative estimate of drug-likeness (QED) is 0.0194. The van der Waals surface area contributed by atoms with Gasteiger partial charge in [0, 0.05) is 53.8 Å². The number of hydrogen-bond acceptors (Lipinski definition) is 21. The van der Waals surface area contributed by atoms with Crippen LogP contribution in [0.1, 0.15) is 270 Å². The molecule has 0 spiro atoms. The van der Waals surface area contributed by atoms with Gasteiger partial charge in [-0.2, -0.15) is 0 Å². The summed E-state index contributed by atoms with van der Waals surface area (Å²) in [6.07, 6.45) is -2.17. The average molecular weight is 1700 g/mol. The molecule has 7 rings (SSSR count). The first-order chi connectivity index (χ1) is 56.5. The Bertz CT molecular complexity index is 3860. The maximum atomic E-state index is 12.5. The summed E-state index contributed by atoms with van der Waals surface area (Å²) in [5, 5.41) is 19.0. The number of nitrogens with one attached hydrogen (secondary N) is 7. The first-order valence-corrected chi connectivity index (χ1v) is 42.0. The monoisotopic (exact) mass is 1700 g/mol. The van der Waals surface area contributed by atoms with Gasteiger partial charge in [0.1, 0.15) is 64.0 Å². The lowest BCUT2D eigenvalue weighted by atomic mass is 9.83. The number of benzene rings is 5. The molecule has 0 aromatic heterocycles. The Morgan fingerprint density at radius 3 is 0.844 bits per heavy atom. The second-order valence-electron chi connectivity index (χ2n) is 36.6. The van der Waals surface area contributed by atoms with Gasteiger partial charge >= 0.3 is 48.4 Å². The van der Waals surface area contributed by atoms with Crippen molar-refractivity contribution in [2.45, 2.75) is 342 Å². The Morgan fingerprint density at radius 1 is 0.369 bits per heavy atom. The molecule has 0 aliphatic carbocycles. The highest BCUT2D eigenvalue weighted by Crippen LogP contribution is 2.33. The Labute approximate surface area is 723 Å². The topological polar surface area (TPSA) is 398 Å². The van der Waals surface area contributed by atoms with Crippen LogP contribution in [0.4, 0.5) is 24.0 Å². The van der Waals surface area contributed by atoms with Crippen LogP contribution in [0.25, 0.3) is 0 Å². The van der Waals surface area contributed by atoms with Crippen molar-refractivity contribution in [2.24, 2.45) is 11.5 Å². The summed E-state index contributed by atoms with van der Waals surface area (Å²) < 4.78 is 42.1. The number of rotatable bonds is 25. The van der Waals surface area contributed by atoms with Gasteiger partial charge in [-0.25, -0.2) is 38.4 Å². The maximum Gasteiger partial charge on any atom is 0.408 e. The summed E-state index contributed by atoms with van der Waals surface area (Å²) in [6.45, 7) is 46.3. The van der Waals surface area contributed by atoms with Crippen LogP contribution in [0.15, 0.2) is 152 Å². The fourth-order valence-electron chi connectivity index (χ4n) is 13.0. The maximum absolute atomic E-state index is 12.5. The second kappa shape index (κ2) is 49.5. The molecule has 5 aromatic carbocycles. The molecule has 0 saturated carbocycles. The molecule has 0 unspecified atom stereocenters. The molecule has 676 valence electrons. The van der Waals surface area contributed by atoms with Crippen molar-refractivity contribution >= 4 is 66.0 Å². The number of amides is 7. The van der Waals surface area contributed by atoms with Gasteiger partial charge in [0.25, 0.3) is 0 Å². The van der Waals surface area contributed by atoms with Crippen molar-refractivity contribution in [1.82, 2.24) is 37.2 Å². The zero-order chi connectivity index (χ0) is 92.4. The summed E-state index contributed by atoms with van der Waals surface area (Å²) in [7, 11) is 0. The van der Waals surface area contributed by atoms with Gasteiger partial charge in [0.2, 0.25) is 11.8 Å². The molecule has 122 heavy (non-hydrogen) atoms. The van der Waals surface area contributed by atoms with Gasteiger partial charge in [0.15, 0.2) is 0 Å². The number of hydrogen-bond donors (Lipinski definition) is 9. The third kappa shape index (κ3) is 42.3. The van der Waals surface area contributed by atoms with Gasteiger partial charge in [-0.1, -0.05) is 152 Å². The van der Waals surface area contributed by atoms with Crippen LogP contribution in [0.3, 0.4) is 0 Å². The minimum atomic E-state index is -0.985. The van der Waals surface area contributed by atoms with Crippen molar-refractivity contribution in [3.63, 3.8) is 0 Å². The highest BCUT2D eigenvalue weighted by molar-refractivity contribution is 5.89. The molecule has 7 amide bonds. The molecule has 14 atom stereocenters. The molecule has 11 N–H and O–H groups in total. The minimum Gasteiger partial charge on any atom is -0.461 e. The molecule has 0 radical (unpaired) electrons. The lowest BCUT2D eigenvalue weighted by molar-refractivity contribution is -0.151. The van der Waals surface area contributed by atoms with Crippen LogP contribution in [-0.2, 0) is 66.7 Å². The molecule has 2 saturated heterocycles. The largest absolute Gasteiger partial charge is 0.461 e. The lowest BCUT2D eigenvalue weighted by Gasteiger charge is -2.35. The SMILES string of the molecule is CC(=O)[C@@H](C[C@H](NC(=O)OC(C)(C)C)C(=O)OC(C)C)c1ccccc1.CC(C)OC(=O)[C@H](C[C@@H](c1ccccc1)[C@@H](C)N)NC(=O)OC(C)(C)C.CC(C)OC(=O)[C@H](C[C@@H](c1ccccc1)[C@H](C)N)NC(=O)OC(C)(C)C.C[C@@H]1NC(=O)[C@@H](NC(=O)OC(C)(C)C)C[C@H]1c1ccccc1.C[C@H]1NC(=O)[C@@H](NC(=O)OC(C)(C)C)C[C@H]1c1ccccc1. The highest BCUT2D eigenvalue weighted by Gasteiger charge is 2.40. The van der Waals surface area contributed by atoms with E-state index in [0.29, 0.717) is 25.7 Å². The van der Waals surface area contributed by atoms with Crippen molar-refractivity contribution in [3.05, 3.63) is 179 Å². The van der Waals surface area contributed by atoms with E-state index in [0.717, 1.165) is 27.8 Å². The van der Waals surface area contributed by atoms with Crippen LogP contribution < -0.4 is 48.7 Å². The van der Waals surface area contributed by atoms with E-state index in [1.54, 1.807) is 145 Å². The van der Waals surface area contributed by atoms with E-state index in [1.807, 2.05) is 179 Å². The van der Waals surface area contributed by atoms with E-state index in [9.17, 15) is 52.7 Å². The van der Waals surface area contributed by atoms with Crippen LogP contribution >= 0.6 is 0 Å². The number of carbonyl (C=O) groups excluding carboxylic acids is 11. The molecule has 2 aliphatic rings. The number of ether oxygens (including phenoxy) is 8. The Hall–Kier alpha value is -10.6. The number of ketones is 1. The Balaban J connectivity index is 0.000000394. The van der Waals surface area contributed by atoms with E-state index in [4.69, 9.17) is 49.4 Å². The number of carbonyl (C=O) groups is 11. The van der Waals surface area contributed by atoms with Crippen LogP contribution in [0, 0.1) is 0 Å². The predicted octanol–water partition coefficient (Wildman–Crippen LogP) is 15.4. The highest BCUT2D eigenvalue weighted by atomic mass is 16.6. The molecule has 28 nitrogen and oxygen atoms in total. The minimum absolute atomic E-state index is 0.0339. The molecule has 0 bridgehead atoms. The Morgan fingerprint density at radius 2 is 0.607 bits per heavy atom. The van der Waals surface area contributed by atoms with E-state index in [-0.39, 0.29) is 90.2 Å². The standard InChI is InChI=1S/2C20H32N2O4.C20H29NO5.2C17H24N2O3/c2*1-13(2)25-18(23)17(22-19(24)26-20(4,5)6)12-16(14(3)21)15-10-8-7-9-11-15;1-13(2)25-18(23)17(21-19(24)26-20(4,5)6)12-16(14(3)22)15-10-8-7-9-11-15;2*1-11-13(12-8-6-5-7-9-12)10-14(15(20)18-11)19-16(21)22-17(2,3)4/h2*7-11,13-14,16-17H,12,21H2,1-6H3,(H,22,24);7-11,13,16-17H,12H2,1-6H3,(H,21,24);2*5-9,11,13-14H,10H2,1-4H3,(H,18,20)(H,19,21)/t14-,16+,17-;14-,16-,17+;16-,17+;11-,13+,14-;11-,13-,14+/m01101/s1. The van der Waals surface area contributed by atoms with E-state index < -0.39 is 113 Å². The average Bonchev–Trinajstić information content (AvgIpc) is 0.817. The second-order valence-corrected chi connectivity index (χ2v) is 36.6. The number of alkyl carbamates (subject to hydrolysis) is 5. The normalized spacial score (nSPS) is 18.5. The van der Waals surface area contributed by atoms with Gasteiger partial charge in [-0.05, 0) is 240 Å². The third-order valence-corrected chi connectivity index (χ3v) is 18.2. The molecular weight excluding hydrogens is 1560 g/mol. The van der Waals surface area contributed by atoms with Crippen LogP contribution in [-0.4, -0.2) is 167 Å². The van der Waals surface area contributed by atoms with E-state index in [1.165, 1.54) is 6.92 Å².